The summed E-state index contributed by atoms with van der Waals surface area (Å²) < 4.78 is 93.7. The monoisotopic (exact) mass is 2040 g/mol. The van der Waals surface area contributed by atoms with Crippen LogP contribution in [0.25, 0.3) is 0 Å². The molecular weight excluding hydrogens is 1890 g/mol. The SMILES string of the molecule is CC.CCOC(=O)[C@H]1CCCN(C(=O)c2c(C)cccc2F)[C@H]1c1ccc(NC(=O)OC(C)(C)C)cc1.CCOC(=O)[C@H]1CCCN(C(=O)c2c(C)cccc2F)[C@H]1c1ccc(NC(=O)OC(C)(C)C)cc1.CCOC(=O)[C@H]1CCCN(C(=O)c2c(C)cccc2F)[C@H]1c1ccc(NC2CCCC2)cc1.CCOC(=O)[C@H]1CCCN[C@H]1c1ccc(NC(=O)OC(C)(C)C)cc1.Cc1cccc(F)c1C(=O)O.O=C1CCCC1. The molecule has 8 atom stereocenters. The Hall–Kier alpha value is -13.5. The van der Waals surface area contributed by atoms with E-state index < -0.39 is 124 Å². The van der Waals surface area contributed by atoms with Crippen LogP contribution in [0, 0.1) is 74.6 Å². The fourth-order valence-corrected chi connectivity index (χ4v) is 18.6. The molecule has 6 aliphatic rings. The minimum absolute atomic E-state index is 0.00483. The average molecular weight is 2040 g/mol. The second-order valence-electron chi connectivity index (χ2n) is 39.5. The van der Waals surface area contributed by atoms with E-state index in [1.807, 2.05) is 90.1 Å². The van der Waals surface area contributed by atoms with Gasteiger partial charge in [0.2, 0.25) is 0 Å². The van der Waals surface area contributed by atoms with Crippen LogP contribution in [-0.4, -0.2) is 167 Å². The molecule has 4 heterocycles. The van der Waals surface area contributed by atoms with Crippen LogP contribution < -0.4 is 26.6 Å². The number of nitrogens with zero attached hydrogens (tertiary/aromatic N) is 3. The Morgan fingerprint density at radius 2 is 0.626 bits per heavy atom. The number of ketones is 1. The van der Waals surface area contributed by atoms with Crippen molar-refractivity contribution in [1.29, 1.82) is 0 Å². The molecule has 147 heavy (non-hydrogen) atoms. The first-order valence-corrected chi connectivity index (χ1v) is 51.1. The normalized spacial score (nSPS) is 18.5. The average Bonchev–Trinajstić information content (AvgIpc) is 1.17. The van der Waals surface area contributed by atoms with E-state index in [1.165, 1.54) is 49.9 Å². The van der Waals surface area contributed by atoms with Crippen molar-refractivity contribution in [2.24, 2.45) is 23.7 Å². The van der Waals surface area contributed by atoms with Crippen molar-refractivity contribution in [3.05, 3.63) is 260 Å². The molecule has 6 N–H and O–H groups in total. The number of carbonyl (C=O) groups is 12. The van der Waals surface area contributed by atoms with Crippen molar-refractivity contribution < 1.29 is 113 Å². The number of hydrogen-bond acceptors (Lipinski definition) is 21. The van der Waals surface area contributed by atoms with Gasteiger partial charge in [0.15, 0.2) is 0 Å². The predicted molar refractivity (Wildman–Crippen MR) is 557 cm³/mol. The number of likely N-dealkylation sites (tertiary alicyclic amines) is 3. The number of piperidine rings is 4. The molecule has 796 valence electrons. The van der Waals surface area contributed by atoms with Gasteiger partial charge in [0, 0.05) is 67.3 Å². The van der Waals surface area contributed by atoms with E-state index in [1.54, 1.807) is 196 Å². The Morgan fingerprint density at radius 3 is 0.884 bits per heavy atom. The number of hydrogen-bond donors (Lipinski definition) is 6. The van der Waals surface area contributed by atoms with Crippen molar-refractivity contribution >= 4 is 94.4 Å². The summed E-state index contributed by atoms with van der Waals surface area (Å²) >= 11 is 0. The van der Waals surface area contributed by atoms with Gasteiger partial charge in [-0.1, -0.05) is 124 Å². The van der Waals surface area contributed by atoms with Gasteiger partial charge in [-0.05, 0) is 319 Å². The molecule has 8 aromatic rings. The Kier molecular flexibility index (Phi) is 46.0. The molecule has 0 aromatic heterocycles. The first-order valence-electron chi connectivity index (χ1n) is 51.1. The number of nitrogens with one attached hydrogen (secondary N) is 5. The van der Waals surface area contributed by atoms with Gasteiger partial charge in [-0.2, -0.15) is 0 Å². The van der Waals surface area contributed by atoms with Crippen LogP contribution in [0.15, 0.2) is 170 Å². The lowest BCUT2D eigenvalue weighted by Crippen LogP contribution is -2.46. The van der Waals surface area contributed by atoms with Crippen LogP contribution in [0.4, 0.5) is 54.7 Å². The molecule has 14 rings (SSSR count). The summed E-state index contributed by atoms with van der Waals surface area (Å²) in [5.74, 6) is -7.57. The maximum atomic E-state index is 14.7. The summed E-state index contributed by atoms with van der Waals surface area (Å²) in [6.07, 6.45) is 12.5. The lowest BCUT2D eigenvalue weighted by molar-refractivity contribution is -0.152. The number of aryl methyl sites for hydroxylation is 4. The first-order chi connectivity index (χ1) is 69.8. The van der Waals surface area contributed by atoms with Crippen LogP contribution in [0.2, 0.25) is 0 Å². The minimum atomic E-state index is -1.22. The number of carbonyl (C=O) groups excluding carboxylic acids is 11. The first kappa shape index (κ1) is 119. The fourth-order valence-electron chi connectivity index (χ4n) is 18.6. The van der Waals surface area contributed by atoms with Crippen molar-refractivity contribution in [1.82, 2.24) is 20.0 Å². The number of aromatic carboxylic acids is 1. The van der Waals surface area contributed by atoms with E-state index in [4.69, 9.17) is 38.3 Å². The van der Waals surface area contributed by atoms with E-state index >= 15 is 0 Å². The van der Waals surface area contributed by atoms with E-state index in [0.717, 1.165) is 68.0 Å². The highest BCUT2D eigenvalue weighted by Crippen LogP contribution is 2.44. The highest BCUT2D eigenvalue weighted by atomic mass is 19.1. The number of anilines is 4. The van der Waals surface area contributed by atoms with Crippen LogP contribution in [0.3, 0.4) is 0 Å². The van der Waals surface area contributed by atoms with Gasteiger partial charge in [-0.3, -0.25) is 54.3 Å². The summed E-state index contributed by atoms with van der Waals surface area (Å²) in [5, 5.41) is 23.5. The van der Waals surface area contributed by atoms with Gasteiger partial charge in [0.25, 0.3) is 17.7 Å². The molecule has 4 aliphatic heterocycles. The Labute approximate surface area is 862 Å². The number of benzene rings is 8. The fraction of sp³-hybridized carbons (Fsp3) is 0.478. The maximum absolute atomic E-state index is 14.7. The number of rotatable bonds is 21. The standard InChI is InChI=1S/2C27H33FN2O5.C27H33FN2O3.C19H28N2O4.C8H7FO2.C5H8O.C2H6/c2*1-6-34-25(32)20-10-8-16-30(24(31)22-17(2)9-7-11-21(22)28)23(20)18-12-14-19(15-13-18)29-26(33)35-27(3,4)5;1-3-33-27(32)22-11-7-17-30(26(31)24-18(2)8-6-12-23(24)28)25(22)19-13-15-21(16-14-19)29-20-9-4-5-10-20;1-5-24-17(22)15-7-6-12-20-16(15)13-8-10-14(11-9-13)21-18(23)25-19(2,3)4;1-5-3-2-4-6(9)7(5)8(10)11;6-5-3-1-2-4-5;1-2/h2*7,9,11-15,20,23H,6,8,10,16H2,1-5H3,(H,29,33);6,8,12-16,20,22,25,29H,3-5,7,9-11,17H2,1-2H3;8-11,15-16,20H,5-7,12H2,1-4H3,(H,21,23);2-4H,1H3,(H,10,11);1-4H2;1-2H3/t2*20-,23-;22-,25-;15-,16-;;;/m0000.../s1. The molecule has 0 bridgehead atoms. The lowest BCUT2D eigenvalue weighted by atomic mass is 9.84. The van der Waals surface area contributed by atoms with E-state index in [9.17, 15) is 75.1 Å². The van der Waals surface area contributed by atoms with Gasteiger partial charge in [-0.15, -0.1) is 0 Å². The van der Waals surface area contributed by atoms with Crippen LogP contribution in [-0.2, 0) is 57.1 Å². The summed E-state index contributed by atoms with van der Waals surface area (Å²) in [5.41, 5.74) is 6.10. The topological polar surface area (TPSA) is 360 Å². The summed E-state index contributed by atoms with van der Waals surface area (Å²) in [7, 11) is 0. The van der Waals surface area contributed by atoms with Gasteiger partial charge >= 0.3 is 48.1 Å². The molecule has 6 amide bonds. The summed E-state index contributed by atoms with van der Waals surface area (Å²) in [4.78, 5) is 153. The molecule has 0 spiro atoms. The molecule has 2 aliphatic carbocycles. The minimum Gasteiger partial charge on any atom is -0.478 e. The van der Waals surface area contributed by atoms with Gasteiger partial charge in [0.05, 0.1) is 90.5 Å². The number of carboxylic acids is 1. The van der Waals surface area contributed by atoms with E-state index in [-0.39, 0.29) is 71.9 Å². The van der Waals surface area contributed by atoms with Crippen molar-refractivity contribution in [3.8, 4) is 0 Å². The number of carboxylic acid groups (broad SMARTS) is 1. The number of ether oxygens (including phenoxy) is 7. The summed E-state index contributed by atoms with van der Waals surface area (Å²) in [6, 6.07) is 45.8. The molecule has 0 unspecified atom stereocenters. The predicted octanol–water partition coefficient (Wildman–Crippen LogP) is 24.5. The molecule has 2 saturated carbocycles. The van der Waals surface area contributed by atoms with Gasteiger partial charge < -0.3 is 63.6 Å². The van der Waals surface area contributed by atoms with Gasteiger partial charge in [-0.25, -0.2) is 36.7 Å². The lowest BCUT2D eigenvalue weighted by Gasteiger charge is -2.41. The highest BCUT2D eigenvalue weighted by molar-refractivity contribution is 5.99. The Morgan fingerprint density at radius 1 is 0.354 bits per heavy atom. The zero-order chi connectivity index (χ0) is 108. The molecule has 0 radical (unpaired) electrons. The van der Waals surface area contributed by atoms with Crippen molar-refractivity contribution in [3.63, 3.8) is 0 Å². The molecule has 28 nitrogen and oxygen atoms in total. The third kappa shape index (κ3) is 35.4. The largest absolute Gasteiger partial charge is 0.478 e. The quantitative estimate of drug-likeness (QED) is 0.0221. The molecule has 8 aromatic carbocycles. The highest BCUT2D eigenvalue weighted by Gasteiger charge is 2.46. The van der Waals surface area contributed by atoms with E-state index in [0.29, 0.717) is 127 Å². The second-order valence-corrected chi connectivity index (χ2v) is 39.5. The number of amides is 6. The molecule has 4 saturated heterocycles. The second kappa shape index (κ2) is 57.0. The molecular formula is C115H148F4N8O20. The smallest absolute Gasteiger partial charge is 0.412 e. The van der Waals surface area contributed by atoms with Crippen molar-refractivity contribution in [2.45, 2.75) is 281 Å². The maximum Gasteiger partial charge on any atom is 0.412 e. The number of esters is 4. The molecule has 32 heteroatoms. The van der Waals surface area contributed by atoms with Crippen LogP contribution in [0.1, 0.15) is 317 Å². The Bertz CT molecular complexity index is 5480. The van der Waals surface area contributed by atoms with E-state index in [2.05, 4.69) is 26.6 Å². The van der Waals surface area contributed by atoms with Crippen molar-refractivity contribution in [2.75, 3.05) is 73.9 Å². The third-order valence-corrected chi connectivity index (χ3v) is 25.1. The van der Waals surface area contributed by atoms with Gasteiger partial charge in [0.1, 0.15) is 45.9 Å². The zero-order valence-electron chi connectivity index (χ0n) is 88.4. The Balaban J connectivity index is 0.000000226. The third-order valence-electron chi connectivity index (χ3n) is 25.1. The molecule has 6 fully saturated rings. The number of Topliss-reactive ketones (excluding diaryl/α,β-unsaturated/α-hetero) is 1. The zero-order valence-corrected chi connectivity index (χ0v) is 88.4. The number of halogens is 4. The summed E-state index contributed by atoms with van der Waals surface area (Å²) in [6.45, 7) is 37.1. The van der Waals surface area contributed by atoms with Crippen LogP contribution in [0.5, 0.6) is 0 Å². The van der Waals surface area contributed by atoms with Crippen LogP contribution >= 0.6 is 0 Å².